The first-order valence-corrected chi connectivity index (χ1v) is 14.5. The van der Waals surface area contributed by atoms with Crippen molar-refractivity contribution >= 4 is 17.2 Å². The van der Waals surface area contributed by atoms with Crippen LogP contribution in [-0.2, 0) is 5.16 Å². The normalized spacial score (nSPS) is 18.7. The van der Waals surface area contributed by atoms with Gasteiger partial charge in [0.15, 0.2) is 0 Å². The molecule has 2 aliphatic rings. The summed E-state index contributed by atoms with van der Waals surface area (Å²) in [5.74, 6) is 0. The SMILES string of the molecule is CC(C)(C)P(CC1=CC(=C2C=CC=CC2)C=C1C(P)(c1cccnc1)c1cccnc1)C(C)(C)C. The number of aromatic nitrogens is 2. The maximum absolute atomic E-state index is 4.51. The van der Waals surface area contributed by atoms with Crippen LogP contribution in [0.2, 0.25) is 0 Å². The third-order valence-corrected chi connectivity index (χ3v) is 11.7. The van der Waals surface area contributed by atoms with E-state index in [-0.39, 0.29) is 18.2 Å². The molecule has 0 fully saturated rings. The van der Waals surface area contributed by atoms with E-state index in [1.807, 2.05) is 36.9 Å². The van der Waals surface area contributed by atoms with Gasteiger partial charge in [-0.25, -0.2) is 0 Å². The van der Waals surface area contributed by atoms with Crippen LogP contribution in [0.25, 0.3) is 0 Å². The summed E-state index contributed by atoms with van der Waals surface area (Å²) < 4.78 is 0. The molecule has 2 heterocycles. The van der Waals surface area contributed by atoms with E-state index in [1.165, 1.54) is 22.3 Å². The minimum atomic E-state index is -0.429. The molecule has 0 radical (unpaired) electrons. The fourth-order valence-electron chi connectivity index (χ4n) is 5.29. The van der Waals surface area contributed by atoms with Gasteiger partial charge in [-0.1, -0.05) is 92.0 Å². The summed E-state index contributed by atoms with van der Waals surface area (Å²) in [6, 6.07) is 8.45. The molecule has 2 nitrogen and oxygen atoms in total. The van der Waals surface area contributed by atoms with E-state index >= 15 is 0 Å². The average molecular weight is 501 g/mol. The summed E-state index contributed by atoms with van der Waals surface area (Å²) in [5, 5.41) is 0.0613. The Morgan fingerprint density at radius 3 is 1.91 bits per heavy atom. The third-order valence-electron chi connectivity index (χ3n) is 6.84. The van der Waals surface area contributed by atoms with Crippen molar-refractivity contribution in [3.8, 4) is 0 Å². The molecule has 0 amide bonds. The van der Waals surface area contributed by atoms with Gasteiger partial charge < -0.3 is 0 Å². The zero-order valence-electron chi connectivity index (χ0n) is 21.9. The van der Waals surface area contributed by atoms with Gasteiger partial charge in [0.05, 0.1) is 5.16 Å². The van der Waals surface area contributed by atoms with Crippen LogP contribution in [0.1, 0.15) is 59.1 Å². The topological polar surface area (TPSA) is 25.8 Å². The highest BCUT2D eigenvalue weighted by molar-refractivity contribution is 7.61. The van der Waals surface area contributed by atoms with Crippen LogP contribution in [0.3, 0.4) is 0 Å². The highest BCUT2D eigenvalue weighted by atomic mass is 31.1. The number of hydrogen-bond donors (Lipinski definition) is 0. The lowest BCUT2D eigenvalue weighted by atomic mass is 9.83. The molecule has 0 N–H and O–H groups in total. The highest BCUT2D eigenvalue weighted by Gasteiger charge is 2.41. The van der Waals surface area contributed by atoms with Gasteiger partial charge in [-0.2, -0.15) is 0 Å². The first-order valence-electron chi connectivity index (χ1n) is 12.4. The van der Waals surface area contributed by atoms with Gasteiger partial charge in [0.25, 0.3) is 0 Å². The second-order valence-electron chi connectivity index (χ2n) is 11.4. The second-order valence-corrected chi connectivity index (χ2v) is 16.1. The fourth-order valence-corrected chi connectivity index (χ4v) is 9.46. The second kappa shape index (κ2) is 10.1. The molecule has 0 spiro atoms. The third kappa shape index (κ3) is 5.50. The molecule has 0 saturated carbocycles. The lowest BCUT2D eigenvalue weighted by Crippen LogP contribution is -2.29. The molecule has 35 heavy (non-hydrogen) atoms. The summed E-state index contributed by atoms with van der Waals surface area (Å²) in [5.41, 5.74) is 7.81. The zero-order chi connectivity index (χ0) is 25.3. The fraction of sp³-hybridized carbons (Fsp3) is 0.355. The Morgan fingerprint density at radius 2 is 1.46 bits per heavy atom. The summed E-state index contributed by atoms with van der Waals surface area (Å²) in [6.45, 7) is 14.5. The van der Waals surface area contributed by atoms with E-state index in [2.05, 4.69) is 109 Å². The lowest BCUT2D eigenvalue weighted by molar-refractivity contribution is 0.705. The molecule has 1 unspecified atom stereocenters. The maximum atomic E-state index is 4.51. The summed E-state index contributed by atoms with van der Waals surface area (Å²) in [6.07, 6.45) is 23.4. The van der Waals surface area contributed by atoms with Crippen LogP contribution in [0.15, 0.2) is 108 Å². The first kappa shape index (κ1) is 25.9. The van der Waals surface area contributed by atoms with Crippen molar-refractivity contribution in [3.05, 3.63) is 119 Å². The standard InChI is InChI=1S/C31H38N2P2/c1-29(2,3)35(30(4,5)6)22-25-18-24(23-12-8-7-9-13-23)19-28(25)31(34,26-14-10-16-32-20-26)27-15-11-17-33-21-27/h7-12,14-21H,13,22,34H2,1-6H3. The predicted molar refractivity (Wildman–Crippen MR) is 156 cm³/mol. The van der Waals surface area contributed by atoms with Gasteiger partial charge in [0.2, 0.25) is 0 Å². The quantitative estimate of drug-likeness (QED) is 0.386. The van der Waals surface area contributed by atoms with Crippen molar-refractivity contribution in [3.63, 3.8) is 0 Å². The predicted octanol–water partition coefficient (Wildman–Crippen LogP) is 8.35. The largest absolute Gasteiger partial charge is 0.264 e. The molecule has 182 valence electrons. The van der Waals surface area contributed by atoms with Crippen molar-refractivity contribution in [1.82, 2.24) is 9.97 Å². The number of hydrogen-bond acceptors (Lipinski definition) is 2. The Labute approximate surface area is 215 Å². The van der Waals surface area contributed by atoms with Gasteiger partial charge in [0.1, 0.15) is 0 Å². The molecule has 0 aromatic carbocycles. The van der Waals surface area contributed by atoms with Gasteiger partial charge in [-0.05, 0) is 74.5 Å². The zero-order valence-corrected chi connectivity index (χ0v) is 24.0. The van der Waals surface area contributed by atoms with Crippen molar-refractivity contribution in [2.24, 2.45) is 0 Å². The van der Waals surface area contributed by atoms with Crippen molar-refractivity contribution in [2.45, 2.75) is 63.4 Å². The van der Waals surface area contributed by atoms with Crippen molar-refractivity contribution < 1.29 is 0 Å². The molecular formula is C31H38N2P2. The Hall–Kier alpha value is -2.14. The van der Waals surface area contributed by atoms with Crippen LogP contribution in [0.4, 0.5) is 0 Å². The molecule has 1 atom stereocenters. The van der Waals surface area contributed by atoms with E-state index in [0.29, 0.717) is 0 Å². The minimum Gasteiger partial charge on any atom is -0.264 e. The first-order chi connectivity index (χ1) is 16.5. The van der Waals surface area contributed by atoms with E-state index < -0.39 is 5.16 Å². The van der Waals surface area contributed by atoms with Gasteiger partial charge in [-0.3, -0.25) is 9.97 Å². The molecule has 2 aliphatic carbocycles. The molecule has 0 aliphatic heterocycles. The lowest BCUT2D eigenvalue weighted by Gasteiger charge is -2.43. The number of nitrogens with zero attached hydrogens (tertiary/aromatic N) is 2. The Bertz CT molecular complexity index is 1150. The van der Waals surface area contributed by atoms with Crippen molar-refractivity contribution in [2.75, 3.05) is 6.16 Å². The summed E-state index contributed by atoms with van der Waals surface area (Å²) in [4.78, 5) is 9.02. The Morgan fingerprint density at radius 1 is 0.857 bits per heavy atom. The van der Waals surface area contributed by atoms with Crippen LogP contribution >= 0.6 is 17.2 Å². The van der Waals surface area contributed by atoms with E-state index in [9.17, 15) is 0 Å². The van der Waals surface area contributed by atoms with Gasteiger partial charge >= 0.3 is 0 Å². The van der Waals surface area contributed by atoms with Crippen LogP contribution in [0, 0.1) is 0 Å². The Balaban J connectivity index is 1.93. The highest BCUT2D eigenvalue weighted by Crippen LogP contribution is 2.62. The molecule has 2 aromatic rings. The smallest absolute Gasteiger partial charge is 0.0624 e. The molecule has 2 aromatic heterocycles. The molecular weight excluding hydrogens is 462 g/mol. The van der Waals surface area contributed by atoms with Gasteiger partial charge in [-0.15, -0.1) is 9.24 Å². The Kier molecular flexibility index (Phi) is 7.47. The van der Waals surface area contributed by atoms with E-state index in [0.717, 1.165) is 23.7 Å². The number of rotatable bonds is 5. The van der Waals surface area contributed by atoms with E-state index in [4.69, 9.17) is 0 Å². The van der Waals surface area contributed by atoms with Crippen LogP contribution < -0.4 is 0 Å². The molecule has 4 heteroatoms. The monoisotopic (exact) mass is 500 g/mol. The minimum absolute atomic E-state index is 0.245. The van der Waals surface area contributed by atoms with Gasteiger partial charge in [0, 0.05) is 24.8 Å². The molecule has 0 bridgehead atoms. The summed E-state index contributed by atoms with van der Waals surface area (Å²) >= 11 is 0. The maximum Gasteiger partial charge on any atom is 0.0624 e. The number of allylic oxidation sites excluding steroid dienone is 10. The summed E-state index contributed by atoms with van der Waals surface area (Å²) in [7, 11) is 2.90. The molecule has 4 rings (SSSR count). The molecule has 0 saturated heterocycles. The van der Waals surface area contributed by atoms with E-state index in [1.54, 1.807) is 0 Å². The van der Waals surface area contributed by atoms with Crippen LogP contribution in [-0.4, -0.2) is 26.4 Å². The number of pyridine rings is 2. The average Bonchev–Trinajstić information content (AvgIpc) is 3.27. The van der Waals surface area contributed by atoms with Crippen LogP contribution in [0.5, 0.6) is 0 Å². The van der Waals surface area contributed by atoms with Crippen molar-refractivity contribution in [1.29, 1.82) is 0 Å².